The third-order valence-corrected chi connectivity index (χ3v) is 2.12. The van der Waals surface area contributed by atoms with Crippen LogP contribution in [0.2, 0.25) is 0 Å². The van der Waals surface area contributed by atoms with E-state index in [1.165, 1.54) is 0 Å². The van der Waals surface area contributed by atoms with Crippen molar-refractivity contribution < 1.29 is 5.11 Å². The molecule has 0 saturated heterocycles. The molecule has 2 heteroatoms. The number of hydrogen-bond acceptors (Lipinski definition) is 1. The topological polar surface area (TPSA) is 20.2 Å². The lowest BCUT2D eigenvalue weighted by Gasteiger charge is -2.03. The van der Waals surface area contributed by atoms with E-state index in [1.807, 2.05) is 13.0 Å². The van der Waals surface area contributed by atoms with Crippen LogP contribution in [0.25, 0.3) is 0 Å². The number of hydrogen-bond donors (Lipinski definition) is 1. The molecule has 0 aliphatic carbocycles. The van der Waals surface area contributed by atoms with Crippen molar-refractivity contribution in [1.29, 1.82) is 0 Å². The summed E-state index contributed by atoms with van der Waals surface area (Å²) in [4.78, 5) is 0. The van der Waals surface area contributed by atoms with Crippen molar-refractivity contribution in [3.63, 3.8) is 0 Å². The zero-order chi connectivity index (χ0) is 9.56. The molecule has 0 amide bonds. The fourth-order valence-corrected chi connectivity index (χ4v) is 1.01. The molecule has 0 aliphatic heterocycles. The van der Waals surface area contributed by atoms with Gasteiger partial charge in [-0.25, -0.2) is 0 Å². The summed E-state index contributed by atoms with van der Waals surface area (Å²) < 4.78 is 0.609. The minimum atomic E-state index is 0.229. The van der Waals surface area contributed by atoms with Gasteiger partial charge in [0.25, 0.3) is 0 Å². The van der Waals surface area contributed by atoms with Crippen LogP contribution in [-0.2, 0) is 0 Å². The van der Waals surface area contributed by atoms with Crippen LogP contribution in [0.3, 0.4) is 0 Å². The Balaban J connectivity index is 4.75. The van der Waals surface area contributed by atoms with E-state index in [9.17, 15) is 5.11 Å². The summed E-state index contributed by atoms with van der Waals surface area (Å²) in [5, 5.41) is 9.55. The van der Waals surface area contributed by atoms with Gasteiger partial charge in [0, 0.05) is 0 Å². The fraction of sp³-hybridized carbons (Fsp3) is 0.200. The quantitative estimate of drug-likeness (QED) is 0.441. The van der Waals surface area contributed by atoms with E-state index in [1.54, 1.807) is 12.2 Å². The van der Waals surface area contributed by atoms with Gasteiger partial charge < -0.3 is 5.11 Å². The van der Waals surface area contributed by atoms with Crippen LogP contribution < -0.4 is 0 Å². The normalized spacial score (nSPS) is 13.7. The summed E-state index contributed by atoms with van der Waals surface area (Å²) >= 11 is 3.19. The smallest absolute Gasteiger partial charge is 0.132 e. The summed E-state index contributed by atoms with van der Waals surface area (Å²) in [5.41, 5.74) is 0.844. The number of aliphatic hydroxyl groups is 1. The molecule has 0 bridgehead atoms. The molecule has 1 N–H and O–H groups in total. The Morgan fingerprint density at radius 1 is 1.50 bits per heavy atom. The van der Waals surface area contributed by atoms with Gasteiger partial charge in [-0.15, -0.1) is 6.58 Å². The van der Waals surface area contributed by atoms with Gasteiger partial charge in [-0.05, 0) is 34.8 Å². The first-order chi connectivity index (χ1) is 5.67. The molecule has 66 valence electrons. The molecule has 0 aromatic rings. The van der Waals surface area contributed by atoms with E-state index in [4.69, 9.17) is 0 Å². The number of allylic oxidation sites excluding steroid dienone is 5. The predicted molar refractivity (Wildman–Crippen MR) is 57.3 cm³/mol. The molecule has 0 saturated carbocycles. The minimum absolute atomic E-state index is 0.229. The third-order valence-electron chi connectivity index (χ3n) is 1.42. The highest BCUT2D eigenvalue weighted by Gasteiger charge is 2.03. The summed E-state index contributed by atoms with van der Waals surface area (Å²) in [6.45, 7) is 9.01. The molecule has 0 fully saturated rings. The van der Waals surface area contributed by atoms with Gasteiger partial charge in [0.15, 0.2) is 0 Å². The summed E-state index contributed by atoms with van der Waals surface area (Å²) in [6.07, 6.45) is 5.81. The number of rotatable bonds is 4. The Hall–Kier alpha value is -0.760. The molecule has 0 heterocycles. The monoisotopic (exact) mass is 228 g/mol. The van der Waals surface area contributed by atoms with E-state index >= 15 is 0 Å². The molecule has 12 heavy (non-hydrogen) atoms. The third kappa shape index (κ3) is 3.09. The summed E-state index contributed by atoms with van der Waals surface area (Å²) in [5.74, 6) is 0.229. The van der Waals surface area contributed by atoms with E-state index in [-0.39, 0.29) is 5.76 Å². The Kier molecular flexibility index (Phi) is 5.47. The Labute approximate surface area is 81.9 Å². The van der Waals surface area contributed by atoms with Crippen molar-refractivity contribution in [2.45, 2.75) is 13.3 Å². The van der Waals surface area contributed by atoms with Crippen molar-refractivity contribution >= 4 is 15.9 Å². The predicted octanol–water partition coefficient (Wildman–Crippen LogP) is 3.86. The average Bonchev–Trinajstić information content (AvgIpc) is 2.11. The van der Waals surface area contributed by atoms with E-state index in [0.29, 0.717) is 10.9 Å². The lowest BCUT2D eigenvalue weighted by atomic mass is 10.1. The van der Waals surface area contributed by atoms with Crippen LogP contribution in [0.5, 0.6) is 0 Å². The van der Waals surface area contributed by atoms with E-state index < -0.39 is 0 Å². The molecule has 0 unspecified atom stereocenters. The van der Waals surface area contributed by atoms with E-state index in [2.05, 4.69) is 29.1 Å². The van der Waals surface area contributed by atoms with Gasteiger partial charge in [0.05, 0.1) is 4.48 Å². The lowest BCUT2D eigenvalue weighted by molar-refractivity contribution is 0.420. The van der Waals surface area contributed by atoms with E-state index in [0.717, 1.165) is 5.57 Å². The highest BCUT2D eigenvalue weighted by atomic mass is 79.9. The maximum absolute atomic E-state index is 9.55. The zero-order valence-electron chi connectivity index (χ0n) is 7.18. The maximum Gasteiger partial charge on any atom is 0.132 e. The second-order valence-corrected chi connectivity index (χ2v) is 3.06. The molecule has 1 nitrogen and oxygen atoms in total. The van der Waals surface area contributed by atoms with Crippen molar-refractivity contribution in [3.05, 3.63) is 47.2 Å². The molecule has 0 aliphatic rings. The Bertz CT molecular complexity index is 236. The van der Waals surface area contributed by atoms with Crippen LogP contribution >= 0.6 is 15.9 Å². The fourth-order valence-electron chi connectivity index (χ4n) is 0.757. The SMILES string of the molecule is C=CCC(=C/C)/C(O)=C(/Br)C=C. The molecule has 0 atom stereocenters. The molecule has 0 radical (unpaired) electrons. The first-order valence-corrected chi connectivity index (χ1v) is 4.44. The number of aliphatic hydroxyl groups excluding tert-OH is 1. The van der Waals surface area contributed by atoms with Crippen molar-refractivity contribution in [1.82, 2.24) is 0 Å². The summed E-state index contributed by atoms with van der Waals surface area (Å²) in [7, 11) is 0. The molecule has 0 spiro atoms. The Morgan fingerprint density at radius 3 is 2.42 bits per heavy atom. The van der Waals surface area contributed by atoms with Crippen LogP contribution in [0.1, 0.15) is 13.3 Å². The van der Waals surface area contributed by atoms with Gasteiger partial charge in [0.1, 0.15) is 5.76 Å². The second kappa shape index (κ2) is 5.84. The first kappa shape index (κ1) is 11.2. The van der Waals surface area contributed by atoms with Crippen molar-refractivity contribution in [2.24, 2.45) is 0 Å². The van der Waals surface area contributed by atoms with Crippen LogP contribution in [0.4, 0.5) is 0 Å². The molecule has 0 rings (SSSR count). The molecule has 0 aromatic carbocycles. The first-order valence-electron chi connectivity index (χ1n) is 3.65. The van der Waals surface area contributed by atoms with Gasteiger partial charge in [-0.2, -0.15) is 0 Å². The number of halogens is 1. The minimum Gasteiger partial charge on any atom is -0.506 e. The maximum atomic E-state index is 9.55. The largest absolute Gasteiger partial charge is 0.506 e. The van der Waals surface area contributed by atoms with Crippen molar-refractivity contribution in [2.75, 3.05) is 0 Å². The highest BCUT2D eigenvalue weighted by molar-refractivity contribution is 9.11. The zero-order valence-corrected chi connectivity index (χ0v) is 8.76. The standard InChI is InChI=1S/C10H13BrO/c1-4-7-8(5-2)10(12)9(11)6-3/h4-6,12H,1,3,7H2,2H3/b8-5-,10-9-. The molecular weight excluding hydrogens is 216 g/mol. The lowest BCUT2D eigenvalue weighted by Crippen LogP contribution is -1.88. The molecular formula is C10H13BrO. The second-order valence-electron chi connectivity index (χ2n) is 2.21. The molecule has 0 aromatic heterocycles. The summed E-state index contributed by atoms with van der Waals surface area (Å²) in [6, 6.07) is 0. The van der Waals surface area contributed by atoms with Crippen LogP contribution in [-0.4, -0.2) is 5.11 Å². The highest BCUT2D eigenvalue weighted by Crippen LogP contribution is 2.20. The Morgan fingerprint density at radius 2 is 2.08 bits per heavy atom. The van der Waals surface area contributed by atoms with Gasteiger partial charge in [-0.1, -0.05) is 24.8 Å². The van der Waals surface area contributed by atoms with Gasteiger partial charge in [0.2, 0.25) is 0 Å². The van der Waals surface area contributed by atoms with Crippen LogP contribution in [0.15, 0.2) is 47.2 Å². The van der Waals surface area contributed by atoms with Crippen molar-refractivity contribution in [3.8, 4) is 0 Å². The van der Waals surface area contributed by atoms with Gasteiger partial charge >= 0.3 is 0 Å². The van der Waals surface area contributed by atoms with Crippen LogP contribution in [0, 0.1) is 0 Å². The van der Waals surface area contributed by atoms with Gasteiger partial charge in [-0.3, -0.25) is 0 Å². The average molecular weight is 229 g/mol.